The molecule has 0 saturated carbocycles. The monoisotopic (exact) mass is 235 g/mol. The molecule has 15 heavy (non-hydrogen) atoms. The van der Waals surface area contributed by atoms with E-state index in [1.54, 1.807) is 0 Å². The fourth-order valence-electron chi connectivity index (χ4n) is 1.34. The number of sulfonamides is 1. The quantitative estimate of drug-likeness (QED) is 0.747. The minimum Gasteiger partial charge on any atom is -0.481 e. The highest BCUT2D eigenvalue weighted by Gasteiger charge is 2.39. The third-order valence-electron chi connectivity index (χ3n) is 2.54. The molecule has 1 rings (SSSR count). The first-order valence-electron chi connectivity index (χ1n) is 5.03. The largest absolute Gasteiger partial charge is 0.481 e. The highest BCUT2D eigenvalue weighted by molar-refractivity contribution is 7.89. The Morgan fingerprint density at radius 2 is 2.00 bits per heavy atom. The van der Waals surface area contributed by atoms with E-state index in [9.17, 15) is 13.2 Å². The van der Waals surface area contributed by atoms with Crippen molar-refractivity contribution in [3.05, 3.63) is 0 Å². The Kier molecular flexibility index (Phi) is 3.72. The van der Waals surface area contributed by atoms with Crippen molar-refractivity contribution in [3.63, 3.8) is 0 Å². The Hall–Kier alpha value is -0.620. The van der Waals surface area contributed by atoms with Crippen molar-refractivity contribution in [2.45, 2.75) is 20.3 Å². The van der Waals surface area contributed by atoms with E-state index in [4.69, 9.17) is 5.11 Å². The van der Waals surface area contributed by atoms with Gasteiger partial charge < -0.3 is 5.11 Å². The van der Waals surface area contributed by atoms with E-state index < -0.39 is 21.9 Å². The number of hydrogen-bond donors (Lipinski definition) is 1. The number of carbonyl (C=O) groups is 1. The van der Waals surface area contributed by atoms with Crippen LogP contribution in [0.4, 0.5) is 0 Å². The molecule has 1 saturated heterocycles. The highest BCUT2D eigenvalue weighted by Crippen LogP contribution is 2.21. The van der Waals surface area contributed by atoms with Gasteiger partial charge in [0, 0.05) is 13.1 Å². The number of carboxylic acids is 1. The Morgan fingerprint density at radius 1 is 1.47 bits per heavy atom. The summed E-state index contributed by atoms with van der Waals surface area (Å²) in [5, 5.41) is 8.61. The molecule has 0 unspecified atom stereocenters. The van der Waals surface area contributed by atoms with Gasteiger partial charge in [0.15, 0.2) is 0 Å². The minimum absolute atomic E-state index is 0.122. The number of nitrogens with zero attached hydrogens (tertiary/aromatic N) is 1. The molecular weight excluding hydrogens is 218 g/mol. The van der Waals surface area contributed by atoms with Crippen LogP contribution in [0.3, 0.4) is 0 Å². The maximum absolute atomic E-state index is 11.6. The first kappa shape index (κ1) is 12.4. The van der Waals surface area contributed by atoms with E-state index in [2.05, 4.69) is 0 Å². The van der Waals surface area contributed by atoms with E-state index in [0.29, 0.717) is 12.3 Å². The van der Waals surface area contributed by atoms with Crippen LogP contribution >= 0.6 is 0 Å². The van der Waals surface area contributed by atoms with Crippen molar-refractivity contribution < 1.29 is 18.3 Å². The molecule has 1 fully saturated rings. The van der Waals surface area contributed by atoms with Crippen LogP contribution < -0.4 is 0 Å². The van der Waals surface area contributed by atoms with Gasteiger partial charge in [0.25, 0.3) is 0 Å². The molecule has 0 aromatic heterocycles. The van der Waals surface area contributed by atoms with Gasteiger partial charge in [-0.3, -0.25) is 4.79 Å². The van der Waals surface area contributed by atoms with Gasteiger partial charge in [-0.1, -0.05) is 13.8 Å². The SMILES string of the molecule is CC(C)CCS(=O)(=O)N1CC(C(=O)O)C1. The van der Waals surface area contributed by atoms with Crippen LogP contribution in [0.1, 0.15) is 20.3 Å². The number of rotatable bonds is 5. The van der Waals surface area contributed by atoms with E-state index >= 15 is 0 Å². The predicted molar refractivity (Wildman–Crippen MR) is 55.9 cm³/mol. The van der Waals surface area contributed by atoms with Crippen molar-refractivity contribution in [2.75, 3.05) is 18.8 Å². The van der Waals surface area contributed by atoms with Crippen molar-refractivity contribution in [1.29, 1.82) is 0 Å². The molecule has 0 radical (unpaired) electrons. The molecule has 1 aliphatic rings. The van der Waals surface area contributed by atoms with Crippen molar-refractivity contribution in [3.8, 4) is 0 Å². The summed E-state index contributed by atoms with van der Waals surface area (Å²) in [6.07, 6.45) is 0.622. The van der Waals surface area contributed by atoms with Crippen molar-refractivity contribution >= 4 is 16.0 Å². The van der Waals surface area contributed by atoms with Gasteiger partial charge in [-0.05, 0) is 12.3 Å². The lowest BCUT2D eigenvalue weighted by atomic mass is 10.0. The van der Waals surface area contributed by atoms with Crippen LogP contribution in [0.2, 0.25) is 0 Å². The molecule has 0 amide bonds. The highest BCUT2D eigenvalue weighted by atomic mass is 32.2. The van der Waals surface area contributed by atoms with Crippen LogP contribution in [0, 0.1) is 11.8 Å². The predicted octanol–water partition coefficient (Wildman–Crippen LogP) is 0.379. The Balaban J connectivity index is 2.42. The summed E-state index contributed by atoms with van der Waals surface area (Å²) in [5.74, 6) is -0.961. The molecule has 0 aromatic carbocycles. The summed E-state index contributed by atoms with van der Waals surface area (Å²) < 4.78 is 24.5. The topological polar surface area (TPSA) is 74.7 Å². The average molecular weight is 235 g/mol. The lowest BCUT2D eigenvalue weighted by Crippen LogP contribution is -2.53. The molecule has 0 bridgehead atoms. The number of aliphatic carboxylic acids is 1. The Bertz CT molecular complexity index is 330. The summed E-state index contributed by atoms with van der Waals surface area (Å²) in [6, 6.07) is 0. The molecule has 5 nitrogen and oxygen atoms in total. The Labute approximate surface area is 90.1 Å². The number of hydrogen-bond acceptors (Lipinski definition) is 3. The normalized spacial score (nSPS) is 19.1. The van der Waals surface area contributed by atoms with Gasteiger partial charge in [-0.15, -0.1) is 0 Å². The second-order valence-corrected chi connectivity index (χ2v) is 6.44. The molecular formula is C9H17NO4S. The van der Waals surface area contributed by atoms with Gasteiger partial charge in [0.1, 0.15) is 0 Å². The van der Waals surface area contributed by atoms with Crippen LogP contribution in [0.25, 0.3) is 0 Å². The maximum atomic E-state index is 11.6. The molecule has 88 valence electrons. The van der Waals surface area contributed by atoms with E-state index in [0.717, 1.165) is 0 Å². The fourth-order valence-corrected chi connectivity index (χ4v) is 3.18. The first-order chi connectivity index (χ1) is 6.83. The molecule has 1 N–H and O–H groups in total. The standard InChI is InChI=1S/C9H17NO4S/c1-7(2)3-4-15(13,14)10-5-8(6-10)9(11)12/h7-8H,3-6H2,1-2H3,(H,11,12). The van der Waals surface area contributed by atoms with Gasteiger partial charge in [0.2, 0.25) is 10.0 Å². The second-order valence-electron chi connectivity index (χ2n) is 4.35. The number of carboxylic acid groups (broad SMARTS) is 1. The van der Waals surface area contributed by atoms with Crippen LogP contribution in [0.5, 0.6) is 0 Å². The lowest BCUT2D eigenvalue weighted by molar-refractivity contribution is -0.145. The molecule has 6 heteroatoms. The molecule has 0 atom stereocenters. The zero-order valence-corrected chi connectivity index (χ0v) is 9.83. The van der Waals surface area contributed by atoms with Crippen LogP contribution in [0.15, 0.2) is 0 Å². The fraction of sp³-hybridized carbons (Fsp3) is 0.889. The van der Waals surface area contributed by atoms with E-state index in [-0.39, 0.29) is 18.8 Å². The zero-order valence-electron chi connectivity index (χ0n) is 9.01. The third-order valence-corrected chi connectivity index (χ3v) is 4.38. The third kappa shape index (κ3) is 3.17. The van der Waals surface area contributed by atoms with Gasteiger partial charge >= 0.3 is 5.97 Å². The van der Waals surface area contributed by atoms with Gasteiger partial charge in [0.05, 0.1) is 11.7 Å². The first-order valence-corrected chi connectivity index (χ1v) is 6.64. The molecule has 0 aliphatic carbocycles. The summed E-state index contributed by atoms with van der Waals surface area (Å²) in [4.78, 5) is 10.5. The zero-order chi connectivity index (χ0) is 11.6. The van der Waals surface area contributed by atoms with Crippen molar-refractivity contribution in [2.24, 2.45) is 11.8 Å². The second kappa shape index (κ2) is 4.49. The van der Waals surface area contributed by atoms with E-state index in [1.165, 1.54) is 4.31 Å². The van der Waals surface area contributed by atoms with Gasteiger partial charge in [-0.2, -0.15) is 0 Å². The molecule has 0 spiro atoms. The van der Waals surface area contributed by atoms with Crippen LogP contribution in [-0.4, -0.2) is 42.6 Å². The summed E-state index contributed by atoms with van der Waals surface area (Å²) in [7, 11) is -3.22. The smallest absolute Gasteiger partial charge is 0.309 e. The molecule has 1 heterocycles. The molecule has 0 aromatic rings. The summed E-state index contributed by atoms with van der Waals surface area (Å²) in [5.41, 5.74) is 0. The lowest BCUT2D eigenvalue weighted by Gasteiger charge is -2.35. The average Bonchev–Trinajstić information content (AvgIpc) is 1.96. The van der Waals surface area contributed by atoms with Crippen molar-refractivity contribution in [1.82, 2.24) is 4.31 Å². The summed E-state index contributed by atoms with van der Waals surface area (Å²) >= 11 is 0. The van der Waals surface area contributed by atoms with E-state index in [1.807, 2.05) is 13.8 Å². The van der Waals surface area contributed by atoms with Crippen LogP contribution in [-0.2, 0) is 14.8 Å². The summed E-state index contributed by atoms with van der Waals surface area (Å²) in [6.45, 7) is 4.20. The van der Waals surface area contributed by atoms with Gasteiger partial charge in [-0.25, -0.2) is 12.7 Å². The maximum Gasteiger partial charge on any atom is 0.309 e. The minimum atomic E-state index is -3.22. The molecule has 1 aliphatic heterocycles. The Morgan fingerprint density at radius 3 is 2.40 bits per heavy atom.